The van der Waals surface area contributed by atoms with Crippen LogP contribution in [-0.2, 0) is 28.2 Å². The fourth-order valence-corrected chi connectivity index (χ4v) is 4.17. The number of rotatable bonds is 16. The molecule has 0 fully saturated rings. The van der Waals surface area contributed by atoms with Gasteiger partial charge < -0.3 is 29.5 Å². The number of aliphatic hydroxyl groups excluding tert-OH is 2. The molecule has 5 unspecified atom stereocenters. The van der Waals surface area contributed by atoms with Gasteiger partial charge in [0.15, 0.2) is 6.23 Å². The molecule has 0 heterocycles. The molecule has 14 heteroatoms. The van der Waals surface area contributed by atoms with Crippen LogP contribution in [0.1, 0.15) is 20.8 Å². The average Bonchev–Trinajstić information content (AvgIpc) is 2.84. The highest BCUT2D eigenvalue weighted by molar-refractivity contribution is 7.80. The summed E-state index contributed by atoms with van der Waals surface area (Å²) in [4.78, 5) is 24.7. The molecule has 0 aliphatic rings. The summed E-state index contributed by atoms with van der Waals surface area (Å²) in [6, 6.07) is 7.01. The molecule has 0 bridgehead atoms. The molecule has 0 radical (unpaired) electrons. The van der Waals surface area contributed by atoms with Crippen LogP contribution in [0.2, 0.25) is 0 Å². The summed E-state index contributed by atoms with van der Waals surface area (Å²) in [7, 11) is -1.44. The van der Waals surface area contributed by atoms with E-state index in [2.05, 4.69) is 10.4 Å². The van der Waals surface area contributed by atoms with E-state index in [1.165, 1.54) is 38.4 Å². The quantitative estimate of drug-likeness (QED) is 0.0589. The Morgan fingerprint density at radius 1 is 1.22 bits per heavy atom. The lowest BCUT2D eigenvalue weighted by Gasteiger charge is -2.31. The Bertz CT molecular complexity index is 919. The number of ether oxygens (including phenoxy) is 2. The lowest BCUT2D eigenvalue weighted by Crippen LogP contribution is -2.48. The van der Waals surface area contributed by atoms with E-state index in [1.54, 1.807) is 39.1 Å². The van der Waals surface area contributed by atoms with Crippen LogP contribution in [0.15, 0.2) is 42.6 Å². The van der Waals surface area contributed by atoms with Gasteiger partial charge in [0.2, 0.25) is 6.41 Å². The van der Waals surface area contributed by atoms with Crippen LogP contribution in [0.5, 0.6) is 5.75 Å². The SMILES string of the molecule is CNC(=S)/C=C\N(C=O)C(O)C(O)C(COP(=O)(NC(C)C(=O)OC(C)C)Oc1ccccc1)OC. The Morgan fingerprint density at radius 2 is 1.86 bits per heavy atom. The van der Waals surface area contributed by atoms with Gasteiger partial charge in [-0.15, -0.1) is 0 Å². The number of esters is 1. The third kappa shape index (κ3) is 10.7. The second-order valence-electron chi connectivity index (χ2n) is 7.69. The molecule has 4 N–H and O–H groups in total. The van der Waals surface area contributed by atoms with Crippen molar-refractivity contribution >= 4 is 37.3 Å². The zero-order valence-corrected chi connectivity index (χ0v) is 22.5. The first-order chi connectivity index (χ1) is 17.0. The van der Waals surface area contributed by atoms with Crippen LogP contribution in [0.4, 0.5) is 0 Å². The highest BCUT2D eigenvalue weighted by atomic mass is 32.1. The Labute approximate surface area is 216 Å². The lowest BCUT2D eigenvalue weighted by atomic mass is 10.2. The number of carbonyl (C=O) groups is 2. The molecule has 0 saturated heterocycles. The lowest BCUT2D eigenvalue weighted by molar-refractivity contribution is -0.149. The molecular formula is C22H34N3O9PS. The van der Waals surface area contributed by atoms with E-state index in [9.17, 15) is 24.4 Å². The van der Waals surface area contributed by atoms with E-state index in [-0.39, 0.29) is 17.1 Å². The van der Waals surface area contributed by atoms with Gasteiger partial charge in [-0.25, -0.2) is 4.57 Å². The van der Waals surface area contributed by atoms with Gasteiger partial charge in [0, 0.05) is 20.4 Å². The summed E-state index contributed by atoms with van der Waals surface area (Å²) < 4.78 is 34.8. The number of likely N-dealkylation sites (N-methyl/N-ethyl adjacent to an activating group) is 1. The number of nitrogens with one attached hydrogen (secondary N) is 2. The van der Waals surface area contributed by atoms with Crippen molar-refractivity contribution in [3.8, 4) is 5.75 Å². The van der Waals surface area contributed by atoms with Crippen molar-refractivity contribution in [3.63, 3.8) is 0 Å². The molecule has 202 valence electrons. The minimum atomic E-state index is -4.24. The smallest absolute Gasteiger partial charge is 0.459 e. The Balaban J connectivity index is 3.03. The molecular weight excluding hydrogens is 513 g/mol. The number of nitrogens with zero attached hydrogens (tertiary/aromatic N) is 1. The number of para-hydroxylation sites is 1. The maximum absolute atomic E-state index is 13.5. The van der Waals surface area contributed by atoms with Gasteiger partial charge in [-0.05, 0) is 39.0 Å². The van der Waals surface area contributed by atoms with E-state index in [0.29, 0.717) is 0 Å². The topological polar surface area (TPSA) is 156 Å². The van der Waals surface area contributed by atoms with Crippen LogP contribution in [0.3, 0.4) is 0 Å². The average molecular weight is 548 g/mol. The number of aliphatic hydroxyl groups is 2. The predicted octanol–water partition coefficient (Wildman–Crippen LogP) is 1.33. The molecule has 0 saturated carbocycles. The first kappa shape index (κ1) is 31.6. The highest BCUT2D eigenvalue weighted by Gasteiger charge is 2.36. The number of thiocarbonyl (C=S) groups is 1. The van der Waals surface area contributed by atoms with Gasteiger partial charge in [-0.3, -0.25) is 19.0 Å². The van der Waals surface area contributed by atoms with Gasteiger partial charge in [0.1, 0.15) is 24.0 Å². The van der Waals surface area contributed by atoms with Crippen LogP contribution in [0, 0.1) is 0 Å². The molecule has 0 aliphatic carbocycles. The molecule has 0 aliphatic heterocycles. The van der Waals surface area contributed by atoms with Crippen molar-refractivity contribution in [1.29, 1.82) is 0 Å². The van der Waals surface area contributed by atoms with Crippen molar-refractivity contribution in [3.05, 3.63) is 42.6 Å². The number of hydrogen-bond donors (Lipinski definition) is 4. The number of carbonyl (C=O) groups excluding carboxylic acids is 2. The normalized spacial score (nSPS) is 16.4. The van der Waals surface area contributed by atoms with Crippen LogP contribution < -0.4 is 14.9 Å². The summed E-state index contributed by atoms with van der Waals surface area (Å²) in [5, 5.41) is 26.2. The van der Waals surface area contributed by atoms with E-state index < -0.39 is 50.9 Å². The second-order valence-corrected chi connectivity index (χ2v) is 9.83. The first-order valence-electron chi connectivity index (χ1n) is 10.9. The summed E-state index contributed by atoms with van der Waals surface area (Å²) in [5.41, 5.74) is 0. The molecule has 1 amide bonds. The van der Waals surface area contributed by atoms with E-state index in [1.807, 2.05) is 0 Å². The van der Waals surface area contributed by atoms with Crippen molar-refractivity contribution in [1.82, 2.24) is 15.3 Å². The molecule has 36 heavy (non-hydrogen) atoms. The second kappa shape index (κ2) is 15.7. The monoisotopic (exact) mass is 547 g/mol. The van der Waals surface area contributed by atoms with E-state index in [4.69, 9.17) is 30.7 Å². The summed E-state index contributed by atoms with van der Waals surface area (Å²) in [5.74, 6) is -0.498. The van der Waals surface area contributed by atoms with Crippen LogP contribution >= 0.6 is 20.0 Å². The van der Waals surface area contributed by atoms with Gasteiger partial charge in [-0.2, -0.15) is 5.09 Å². The summed E-state index contributed by atoms with van der Waals surface area (Å²) >= 11 is 4.95. The predicted molar refractivity (Wildman–Crippen MR) is 136 cm³/mol. The van der Waals surface area contributed by atoms with E-state index >= 15 is 0 Å². The van der Waals surface area contributed by atoms with Crippen molar-refractivity contribution in [2.45, 2.75) is 51.4 Å². The third-order valence-electron chi connectivity index (χ3n) is 4.50. The minimum Gasteiger partial charge on any atom is -0.462 e. The van der Waals surface area contributed by atoms with E-state index in [0.717, 1.165) is 4.90 Å². The molecule has 1 aromatic rings. The molecule has 0 spiro atoms. The van der Waals surface area contributed by atoms with Crippen molar-refractivity contribution in [2.24, 2.45) is 0 Å². The van der Waals surface area contributed by atoms with Gasteiger partial charge in [0.25, 0.3) is 0 Å². The largest absolute Gasteiger partial charge is 0.462 e. The number of methoxy groups -OCH3 is 1. The van der Waals surface area contributed by atoms with Crippen LogP contribution in [-0.4, -0.2) is 83.8 Å². The third-order valence-corrected chi connectivity index (χ3v) is 6.48. The fraction of sp³-hybridized carbons (Fsp3) is 0.500. The number of benzene rings is 1. The summed E-state index contributed by atoms with van der Waals surface area (Å²) in [6.45, 7) is 4.21. The molecule has 1 rings (SSSR count). The number of amides is 1. The zero-order valence-electron chi connectivity index (χ0n) is 20.8. The highest BCUT2D eigenvalue weighted by Crippen LogP contribution is 2.45. The number of hydrogen-bond acceptors (Lipinski definition) is 10. The van der Waals surface area contributed by atoms with Crippen molar-refractivity contribution < 1.29 is 42.9 Å². The minimum absolute atomic E-state index is 0.185. The maximum Gasteiger partial charge on any atom is 0.459 e. The Morgan fingerprint density at radius 3 is 2.39 bits per heavy atom. The molecule has 1 aromatic carbocycles. The fourth-order valence-electron chi connectivity index (χ4n) is 2.60. The van der Waals surface area contributed by atoms with Gasteiger partial charge >= 0.3 is 13.7 Å². The van der Waals surface area contributed by atoms with Gasteiger partial charge in [-0.1, -0.05) is 30.4 Å². The van der Waals surface area contributed by atoms with Crippen molar-refractivity contribution in [2.75, 3.05) is 20.8 Å². The Kier molecular flexibility index (Phi) is 13.8. The standard InChI is InChI=1S/C22H34N3O9PS/c1-15(2)33-22(29)16(3)24-35(30,34-17-9-7-6-8-10-17)32-13-18(31-5)20(27)21(28)25(14-26)12-11-19(36)23-4/h6-12,14-16,18,20-21,27-28H,13H2,1-5H3,(H,23,36)(H,24,30)/b12-11-. The maximum atomic E-state index is 13.5. The molecule has 12 nitrogen and oxygen atoms in total. The molecule has 0 aromatic heterocycles. The van der Waals surface area contributed by atoms with Gasteiger partial charge in [0.05, 0.1) is 17.7 Å². The Hall–Kier alpha value is -2.38. The zero-order chi connectivity index (χ0) is 27.3. The molecule has 5 atom stereocenters. The first-order valence-corrected chi connectivity index (χ1v) is 12.9. The van der Waals surface area contributed by atoms with Crippen LogP contribution in [0.25, 0.3) is 0 Å². The summed E-state index contributed by atoms with van der Waals surface area (Å²) in [6.07, 6.45) is -2.33.